The van der Waals surface area contributed by atoms with E-state index < -0.39 is 0 Å². The smallest absolute Gasteiger partial charge is 0.189 e. The number of ketones is 1. The summed E-state index contributed by atoms with van der Waals surface area (Å²) in [6, 6.07) is 7.33. The molecule has 1 aromatic carbocycles. The standard InChI is InChI=1S/C25H34O5/c1-5-14-28-20-17-19(25(30-16-7-3)24(18-20)27-4)12-13-22(26)21-10-8-9-11-23(21)29-15-6-2/h8-13,17,19H,5-7,14-16,18H2,1-4H3/b13-12+. The van der Waals surface area contributed by atoms with Crippen LogP contribution in [0.4, 0.5) is 0 Å². The van der Waals surface area contributed by atoms with E-state index in [1.807, 2.05) is 37.3 Å². The van der Waals surface area contributed by atoms with Crippen LogP contribution in [0.15, 0.2) is 59.8 Å². The van der Waals surface area contributed by atoms with Crippen LogP contribution < -0.4 is 4.74 Å². The monoisotopic (exact) mass is 414 g/mol. The van der Waals surface area contributed by atoms with Crippen LogP contribution in [0, 0.1) is 5.92 Å². The average Bonchev–Trinajstić information content (AvgIpc) is 2.78. The van der Waals surface area contributed by atoms with Crippen molar-refractivity contribution in [3.05, 3.63) is 65.3 Å². The Morgan fingerprint density at radius 3 is 2.37 bits per heavy atom. The van der Waals surface area contributed by atoms with Gasteiger partial charge in [0.2, 0.25) is 0 Å². The van der Waals surface area contributed by atoms with E-state index in [1.54, 1.807) is 19.3 Å². The highest BCUT2D eigenvalue weighted by Crippen LogP contribution is 2.32. The predicted octanol–water partition coefficient (Wildman–Crippen LogP) is 5.83. The lowest BCUT2D eigenvalue weighted by Gasteiger charge is -2.25. The molecule has 0 fully saturated rings. The SMILES string of the molecule is CCCOC1=CC(/C=C/C(=O)c2ccccc2OCCC)C(OCCC)=C(OC)C1. The lowest BCUT2D eigenvalue weighted by Crippen LogP contribution is -2.16. The zero-order valence-electron chi connectivity index (χ0n) is 18.6. The molecule has 0 aromatic heterocycles. The van der Waals surface area contributed by atoms with E-state index in [4.69, 9.17) is 18.9 Å². The Morgan fingerprint density at radius 1 is 1.00 bits per heavy atom. The summed E-state index contributed by atoms with van der Waals surface area (Å²) < 4.78 is 23.2. The van der Waals surface area contributed by atoms with Gasteiger partial charge in [-0.2, -0.15) is 0 Å². The number of ether oxygens (including phenoxy) is 4. The number of hydrogen-bond donors (Lipinski definition) is 0. The van der Waals surface area contributed by atoms with Crippen molar-refractivity contribution >= 4 is 5.78 Å². The zero-order valence-corrected chi connectivity index (χ0v) is 18.6. The van der Waals surface area contributed by atoms with Crippen molar-refractivity contribution in [3.63, 3.8) is 0 Å². The largest absolute Gasteiger partial charge is 0.498 e. The van der Waals surface area contributed by atoms with Crippen LogP contribution in [-0.4, -0.2) is 32.7 Å². The minimum absolute atomic E-state index is 0.106. The van der Waals surface area contributed by atoms with E-state index >= 15 is 0 Å². The molecule has 1 aliphatic carbocycles. The van der Waals surface area contributed by atoms with Gasteiger partial charge in [-0.3, -0.25) is 4.79 Å². The number of hydrogen-bond acceptors (Lipinski definition) is 5. The van der Waals surface area contributed by atoms with E-state index in [9.17, 15) is 4.79 Å². The fourth-order valence-electron chi connectivity index (χ4n) is 3.09. The summed E-state index contributed by atoms with van der Waals surface area (Å²) in [4.78, 5) is 12.9. The quantitative estimate of drug-likeness (QED) is 0.300. The van der Waals surface area contributed by atoms with Gasteiger partial charge >= 0.3 is 0 Å². The summed E-state index contributed by atoms with van der Waals surface area (Å²) in [5, 5.41) is 0. The van der Waals surface area contributed by atoms with Crippen molar-refractivity contribution in [2.45, 2.75) is 46.5 Å². The Morgan fingerprint density at radius 2 is 1.67 bits per heavy atom. The number of para-hydroxylation sites is 1. The summed E-state index contributed by atoms with van der Waals surface area (Å²) in [5.41, 5.74) is 0.552. The highest BCUT2D eigenvalue weighted by molar-refractivity contribution is 6.06. The van der Waals surface area contributed by atoms with Gasteiger partial charge in [0.25, 0.3) is 0 Å². The van der Waals surface area contributed by atoms with Crippen LogP contribution in [0.1, 0.15) is 56.8 Å². The molecule has 0 saturated carbocycles. The van der Waals surface area contributed by atoms with Gasteiger partial charge in [0.1, 0.15) is 23.0 Å². The first kappa shape index (κ1) is 23.6. The molecule has 1 aliphatic rings. The zero-order chi connectivity index (χ0) is 21.8. The summed E-state index contributed by atoms with van der Waals surface area (Å²) in [6.07, 6.45) is 8.69. The second-order valence-electron chi connectivity index (χ2n) is 7.09. The molecule has 5 nitrogen and oxygen atoms in total. The van der Waals surface area contributed by atoms with Gasteiger partial charge in [-0.1, -0.05) is 39.0 Å². The normalized spacial score (nSPS) is 16.4. The minimum atomic E-state index is -0.222. The maximum absolute atomic E-state index is 12.9. The van der Waals surface area contributed by atoms with Crippen molar-refractivity contribution in [1.82, 2.24) is 0 Å². The number of carbonyl (C=O) groups excluding carboxylic acids is 1. The molecule has 1 atom stereocenters. The predicted molar refractivity (Wildman–Crippen MR) is 118 cm³/mol. The molecule has 0 amide bonds. The third kappa shape index (κ3) is 6.68. The highest BCUT2D eigenvalue weighted by atomic mass is 16.5. The van der Waals surface area contributed by atoms with Gasteiger partial charge in [0, 0.05) is 0 Å². The van der Waals surface area contributed by atoms with Crippen LogP contribution in [0.3, 0.4) is 0 Å². The topological polar surface area (TPSA) is 54.0 Å². The average molecular weight is 415 g/mol. The van der Waals surface area contributed by atoms with Gasteiger partial charge in [-0.05, 0) is 43.5 Å². The molecule has 5 heteroatoms. The second-order valence-corrected chi connectivity index (χ2v) is 7.09. The molecule has 2 rings (SSSR count). The van der Waals surface area contributed by atoms with Gasteiger partial charge in [-0.25, -0.2) is 0 Å². The third-order valence-corrected chi connectivity index (χ3v) is 4.55. The lowest BCUT2D eigenvalue weighted by atomic mass is 9.96. The number of allylic oxidation sites excluding steroid dienone is 2. The highest BCUT2D eigenvalue weighted by Gasteiger charge is 2.25. The Kier molecular flexibility index (Phi) is 10.1. The van der Waals surface area contributed by atoms with Crippen LogP contribution >= 0.6 is 0 Å². The summed E-state index contributed by atoms with van der Waals surface area (Å²) in [5.74, 6) is 2.60. The number of benzene rings is 1. The van der Waals surface area contributed by atoms with Crippen LogP contribution in [0.5, 0.6) is 5.75 Å². The maximum atomic E-state index is 12.9. The Labute approximate surface area is 180 Å². The fraction of sp³-hybridized carbons (Fsp3) is 0.480. The molecule has 0 radical (unpaired) electrons. The molecule has 0 N–H and O–H groups in total. The summed E-state index contributed by atoms with van der Waals surface area (Å²) in [7, 11) is 1.64. The molecule has 0 bridgehead atoms. The van der Waals surface area contributed by atoms with E-state index in [0.29, 0.717) is 37.6 Å². The van der Waals surface area contributed by atoms with Crippen molar-refractivity contribution in [1.29, 1.82) is 0 Å². The fourth-order valence-corrected chi connectivity index (χ4v) is 3.09. The van der Waals surface area contributed by atoms with Gasteiger partial charge in [0.15, 0.2) is 5.78 Å². The lowest BCUT2D eigenvalue weighted by molar-refractivity contribution is 0.104. The molecule has 0 spiro atoms. The van der Waals surface area contributed by atoms with Crippen molar-refractivity contribution in [2.24, 2.45) is 5.92 Å². The van der Waals surface area contributed by atoms with Crippen LogP contribution in [-0.2, 0) is 14.2 Å². The first-order chi connectivity index (χ1) is 14.6. The van der Waals surface area contributed by atoms with Crippen LogP contribution in [0.25, 0.3) is 0 Å². The molecule has 0 heterocycles. The number of carbonyl (C=O) groups is 1. The maximum Gasteiger partial charge on any atom is 0.189 e. The number of rotatable bonds is 13. The molecular formula is C25H34O5. The van der Waals surface area contributed by atoms with Crippen LogP contribution in [0.2, 0.25) is 0 Å². The second kappa shape index (κ2) is 12.8. The molecule has 0 saturated heterocycles. The van der Waals surface area contributed by atoms with E-state index in [0.717, 1.165) is 36.5 Å². The van der Waals surface area contributed by atoms with E-state index in [-0.39, 0.29) is 11.7 Å². The molecule has 164 valence electrons. The van der Waals surface area contributed by atoms with Crippen molar-refractivity contribution in [3.8, 4) is 5.75 Å². The Hall–Kier alpha value is -2.69. The molecule has 0 aliphatic heterocycles. The van der Waals surface area contributed by atoms with E-state index in [1.165, 1.54) is 0 Å². The Balaban J connectivity index is 2.27. The van der Waals surface area contributed by atoms with Gasteiger partial charge in [0.05, 0.1) is 44.8 Å². The minimum Gasteiger partial charge on any atom is -0.498 e. The molecule has 1 unspecified atom stereocenters. The summed E-state index contributed by atoms with van der Waals surface area (Å²) in [6.45, 7) is 7.98. The summed E-state index contributed by atoms with van der Waals surface area (Å²) >= 11 is 0. The first-order valence-electron chi connectivity index (χ1n) is 10.8. The molecular weight excluding hydrogens is 380 g/mol. The van der Waals surface area contributed by atoms with Crippen molar-refractivity contribution in [2.75, 3.05) is 26.9 Å². The van der Waals surface area contributed by atoms with E-state index in [2.05, 4.69) is 13.8 Å². The molecule has 1 aromatic rings. The van der Waals surface area contributed by atoms with Crippen molar-refractivity contribution < 1.29 is 23.7 Å². The van der Waals surface area contributed by atoms with Gasteiger partial charge in [-0.15, -0.1) is 0 Å². The first-order valence-corrected chi connectivity index (χ1v) is 10.8. The number of methoxy groups -OCH3 is 1. The van der Waals surface area contributed by atoms with Gasteiger partial charge < -0.3 is 18.9 Å². The third-order valence-electron chi connectivity index (χ3n) is 4.55. The molecule has 30 heavy (non-hydrogen) atoms. The Bertz CT molecular complexity index is 775.